The van der Waals surface area contributed by atoms with Crippen molar-refractivity contribution in [2.45, 2.75) is 43.9 Å². The van der Waals surface area contributed by atoms with E-state index in [2.05, 4.69) is 0 Å². The molecule has 0 amide bonds. The molecule has 154 valence electrons. The van der Waals surface area contributed by atoms with Gasteiger partial charge in [0.05, 0.1) is 13.2 Å². The first-order valence-corrected chi connectivity index (χ1v) is 9.79. The van der Waals surface area contributed by atoms with Gasteiger partial charge in [-0.1, -0.05) is 66.7 Å². The average Bonchev–Trinajstić information content (AvgIpc) is 2.76. The van der Waals surface area contributed by atoms with E-state index < -0.39 is 37.0 Å². The van der Waals surface area contributed by atoms with Gasteiger partial charge in [-0.3, -0.25) is 0 Å². The molecule has 0 spiro atoms. The van der Waals surface area contributed by atoms with Crippen LogP contribution in [0.5, 0.6) is 0 Å². The molecule has 0 saturated carbocycles. The monoisotopic (exact) mass is 398 g/mol. The molecule has 6 nitrogen and oxygen atoms in total. The number of ether oxygens (including phenoxy) is 4. The Bertz CT molecular complexity index is 807. The van der Waals surface area contributed by atoms with Crippen LogP contribution in [-0.2, 0) is 18.9 Å². The molecule has 6 heteroatoms. The summed E-state index contributed by atoms with van der Waals surface area (Å²) in [5.74, 6) is 0. The van der Waals surface area contributed by atoms with Crippen molar-refractivity contribution in [3.63, 3.8) is 0 Å². The van der Waals surface area contributed by atoms with Crippen molar-refractivity contribution in [2.75, 3.05) is 13.2 Å². The number of hydrogen-bond donors (Lipinski definition) is 2. The van der Waals surface area contributed by atoms with E-state index in [1.807, 2.05) is 73.7 Å². The predicted molar refractivity (Wildman–Crippen MR) is 107 cm³/mol. The van der Waals surface area contributed by atoms with Crippen molar-refractivity contribution in [1.82, 2.24) is 0 Å². The van der Waals surface area contributed by atoms with Crippen LogP contribution in [0.2, 0.25) is 0 Å². The molecule has 2 aromatic carbocycles. The Hall–Kier alpha value is -2.06. The molecule has 6 atom stereocenters. The molecule has 0 unspecified atom stereocenters. The highest BCUT2D eigenvalue weighted by Gasteiger charge is 2.49. The van der Waals surface area contributed by atoms with Gasteiger partial charge in [-0.05, 0) is 18.1 Å². The number of rotatable bonds is 5. The summed E-state index contributed by atoms with van der Waals surface area (Å²) >= 11 is 0. The lowest BCUT2D eigenvalue weighted by Gasteiger charge is -2.46. The lowest BCUT2D eigenvalue weighted by atomic mass is 9.98. The molecule has 2 heterocycles. The minimum atomic E-state index is -1.21. The Morgan fingerprint density at radius 2 is 1.69 bits per heavy atom. The molecule has 0 radical (unpaired) electrons. The molecule has 0 aromatic heterocycles. The highest BCUT2D eigenvalue weighted by molar-refractivity contribution is 5.52. The Labute approximate surface area is 170 Å². The molecule has 2 aliphatic rings. The normalized spacial score (nSPS) is 32.6. The minimum Gasteiger partial charge on any atom is -0.387 e. The highest BCUT2D eigenvalue weighted by Crippen LogP contribution is 2.34. The van der Waals surface area contributed by atoms with Crippen molar-refractivity contribution in [3.05, 3.63) is 77.4 Å². The zero-order valence-corrected chi connectivity index (χ0v) is 16.3. The zero-order valence-electron chi connectivity index (χ0n) is 16.3. The van der Waals surface area contributed by atoms with Crippen molar-refractivity contribution in [2.24, 2.45) is 0 Å². The Morgan fingerprint density at radius 3 is 2.41 bits per heavy atom. The van der Waals surface area contributed by atoms with E-state index in [1.165, 1.54) is 0 Å². The van der Waals surface area contributed by atoms with Gasteiger partial charge in [0, 0.05) is 5.56 Å². The van der Waals surface area contributed by atoms with Gasteiger partial charge in [-0.2, -0.15) is 0 Å². The fraction of sp³-hybridized carbons (Fsp3) is 0.391. The molecular weight excluding hydrogens is 372 g/mol. The minimum absolute atomic E-state index is 0.243. The first-order chi connectivity index (χ1) is 14.1. The lowest BCUT2D eigenvalue weighted by Crippen LogP contribution is -2.62. The summed E-state index contributed by atoms with van der Waals surface area (Å²) in [7, 11) is 0. The summed E-state index contributed by atoms with van der Waals surface area (Å²) < 4.78 is 23.2. The summed E-state index contributed by atoms with van der Waals surface area (Å²) in [5.41, 5.74) is 2.90. The van der Waals surface area contributed by atoms with E-state index in [9.17, 15) is 10.2 Å². The van der Waals surface area contributed by atoms with Gasteiger partial charge in [-0.15, -0.1) is 0 Å². The topological polar surface area (TPSA) is 77.4 Å². The molecular formula is C23H26O6. The van der Waals surface area contributed by atoms with E-state index in [4.69, 9.17) is 18.9 Å². The van der Waals surface area contributed by atoms with Crippen LogP contribution in [0.15, 0.2) is 66.2 Å². The van der Waals surface area contributed by atoms with E-state index in [0.717, 1.165) is 16.7 Å². The first-order valence-electron chi connectivity index (χ1n) is 9.79. The Morgan fingerprint density at radius 1 is 1.00 bits per heavy atom. The maximum Gasteiger partial charge on any atom is 0.187 e. The fourth-order valence-corrected chi connectivity index (χ4v) is 3.58. The summed E-state index contributed by atoms with van der Waals surface area (Å²) in [5, 5.41) is 21.1. The number of aliphatic hydroxyl groups excluding tert-OH is 2. The third-order valence-corrected chi connectivity index (χ3v) is 5.09. The van der Waals surface area contributed by atoms with E-state index in [0.29, 0.717) is 0 Å². The molecule has 29 heavy (non-hydrogen) atoms. The summed E-state index contributed by atoms with van der Waals surface area (Å²) in [6, 6.07) is 19.4. The molecule has 2 aliphatic heterocycles. The molecule has 2 fully saturated rings. The van der Waals surface area contributed by atoms with Crippen LogP contribution < -0.4 is 0 Å². The smallest absolute Gasteiger partial charge is 0.187 e. The highest BCUT2D eigenvalue weighted by atomic mass is 16.8. The fourth-order valence-electron chi connectivity index (χ4n) is 3.58. The number of aliphatic hydroxyl groups is 2. The second-order valence-electron chi connectivity index (χ2n) is 7.41. The second-order valence-corrected chi connectivity index (χ2v) is 7.41. The lowest BCUT2D eigenvalue weighted by molar-refractivity contribution is -0.360. The SMILES string of the molecule is C/C(=C\c1ccccc1)CO[C@@H]1O[C@@H]2CO[C@H](c3ccccc3)O[C@@H]2[C@H](O)[C@H]1O. The molecule has 2 N–H and O–H groups in total. The number of fused-ring (bicyclic) bond motifs is 1. The Kier molecular flexibility index (Phi) is 6.40. The number of benzene rings is 2. The third kappa shape index (κ3) is 4.75. The van der Waals surface area contributed by atoms with Crippen molar-refractivity contribution in [3.8, 4) is 0 Å². The van der Waals surface area contributed by atoms with Crippen LogP contribution in [0.1, 0.15) is 24.3 Å². The predicted octanol–water partition coefficient (Wildman–Crippen LogP) is 2.67. The number of hydrogen-bond acceptors (Lipinski definition) is 6. The quantitative estimate of drug-likeness (QED) is 0.806. The van der Waals surface area contributed by atoms with E-state index in [-0.39, 0.29) is 13.2 Å². The largest absolute Gasteiger partial charge is 0.387 e. The van der Waals surface area contributed by atoms with Gasteiger partial charge in [0.15, 0.2) is 12.6 Å². The van der Waals surface area contributed by atoms with E-state index >= 15 is 0 Å². The van der Waals surface area contributed by atoms with Gasteiger partial charge in [0.1, 0.15) is 24.4 Å². The van der Waals surface area contributed by atoms with Crippen LogP contribution in [0.3, 0.4) is 0 Å². The molecule has 4 rings (SSSR count). The standard InChI is InChI=1S/C23H26O6/c1-15(12-16-8-4-2-5-9-16)13-26-23-20(25)19(24)21-18(28-23)14-27-22(29-21)17-10-6-3-7-11-17/h2-12,18-25H,13-14H2,1H3/b15-12+/t18-,19-,20-,21+,22+,23-/m1/s1. The zero-order chi connectivity index (χ0) is 20.2. The van der Waals surface area contributed by atoms with Crippen LogP contribution in [0.4, 0.5) is 0 Å². The van der Waals surface area contributed by atoms with Crippen LogP contribution in [-0.4, -0.2) is 54.1 Å². The van der Waals surface area contributed by atoms with Gasteiger partial charge >= 0.3 is 0 Å². The molecule has 0 bridgehead atoms. The van der Waals surface area contributed by atoms with Gasteiger partial charge in [0.2, 0.25) is 0 Å². The maximum absolute atomic E-state index is 10.6. The van der Waals surface area contributed by atoms with E-state index in [1.54, 1.807) is 0 Å². The van der Waals surface area contributed by atoms with Crippen LogP contribution in [0.25, 0.3) is 6.08 Å². The molecule has 0 aliphatic carbocycles. The Balaban J connectivity index is 1.36. The molecule has 2 saturated heterocycles. The van der Waals surface area contributed by atoms with Crippen molar-refractivity contribution in [1.29, 1.82) is 0 Å². The summed E-state index contributed by atoms with van der Waals surface area (Å²) in [6.45, 7) is 2.46. The van der Waals surface area contributed by atoms with Crippen LogP contribution >= 0.6 is 0 Å². The van der Waals surface area contributed by atoms with Crippen LogP contribution in [0, 0.1) is 0 Å². The maximum atomic E-state index is 10.6. The molecule has 2 aromatic rings. The van der Waals surface area contributed by atoms with Gasteiger partial charge in [0.25, 0.3) is 0 Å². The second kappa shape index (κ2) is 9.17. The average molecular weight is 398 g/mol. The third-order valence-electron chi connectivity index (χ3n) is 5.09. The summed E-state index contributed by atoms with van der Waals surface area (Å²) in [6.07, 6.45) is -3.10. The van der Waals surface area contributed by atoms with Crippen molar-refractivity contribution < 1.29 is 29.2 Å². The van der Waals surface area contributed by atoms with Crippen molar-refractivity contribution >= 4 is 6.08 Å². The van der Waals surface area contributed by atoms with Gasteiger partial charge in [-0.25, -0.2) is 0 Å². The summed E-state index contributed by atoms with van der Waals surface area (Å²) in [4.78, 5) is 0. The van der Waals surface area contributed by atoms with Gasteiger partial charge < -0.3 is 29.2 Å². The first kappa shape index (κ1) is 20.2.